The molecule has 0 unspecified atom stereocenters. The molecule has 7 nitrogen and oxygen atoms in total. The van der Waals surface area contributed by atoms with Crippen LogP contribution in [0.2, 0.25) is 0 Å². The van der Waals surface area contributed by atoms with Crippen LogP contribution in [0, 0.1) is 0 Å². The van der Waals surface area contributed by atoms with Crippen LogP contribution >= 0.6 is 0 Å². The summed E-state index contributed by atoms with van der Waals surface area (Å²) in [6, 6.07) is 15.4. The van der Waals surface area contributed by atoms with E-state index >= 15 is 0 Å². The molecule has 0 atom stereocenters. The zero-order valence-electron chi connectivity index (χ0n) is 17.8. The summed E-state index contributed by atoms with van der Waals surface area (Å²) < 4.78 is 1.67. The van der Waals surface area contributed by atoms with E-state index in [1.165, 1.54) is 0 Å². The maximum atomic E-state index is 12.7. The summed E-state index contributed by atoms with van der Waals surface area (Å²) >= 11 is 0. The highest BCUT2D eigenvalue weighted by atomic mass is 16.3. The van der Waals surface area contributed by atoms with Crippen LogP contribution in [0.1, 0.15) is 21.6 Å². The van der Waals surface area contributed by atoms with Gasteiger partial charge in [-0.2, -0.15) is 5.10 Å². The zero-order chi connectivity index (χ0) is 22.0. The highest BCUT2D eigenvalue weighted by molar-refractivity contribution is 6.04. The van der Waals surface area contributed by atoms with Crippen LogP contribution in [0.15, 0.2) is 60.9 Å². The molecule has 0 aliphatic rings. The monoisotopic (exact) mass is 415 g/mol. The standard InChI is InChI=1S/C24H25N5O2/c1-28(2)14-16-4-6-17(7-5-16)24(31)27-23-11-20-10-18(8-9-19(20)12-25-23)21-13-26-29(3)22(21)15-30/h4-13,30H,14-15H2,1-3H3,(H,25,27,31). The number of hydrogen-bond acceptors (Lipinski definition) is 5. The molecule has 2 heterocycles. The van der Waals surface area contributed by atoms with E-state index in [4.69, 9.17) is 0 Å². The molecule has 0 aliphatic carbocycles. The number of nitrogens with one attached hydrogen (secondary N) is 1. The van der Waals surface area contributed by atoms with Crippen molar-refractivity contribution in [1.29, 1.82) is 0 Å². The first-order valence-corrected chi connectivity index (χ1v) is 10.0. The quantitative estimate of drug-likeness (QED) is 0.504. The Bertz CT molecular complexity index is 1230. The minimum absolute atomic E-state index is 0.0884. The van der Waals surface area contributed by atoms with E-state index in [0.29, 0.717) is 11.4 Å². The molecule has 2 aromatic carbocycles. The van der Waals surface area contributed by atoms with Crippen molar-refractivity contribution in [2.45, 2.75) is 13.2 Å². The lowest BCUT2D eigenvalue weighted by Gasteiger charge is -2.10. The minimum Gasteiger partial charge on any atom is -0.390 e. The Hall–Kier alpha value is -3.55. The van der Waals surface area contributed by atoms with Gasteiger partial charge in [-0.05, 0) is 54.9 Å². The van der Waals surface area contributed by atoms with Gasteiger partial charge in [-0.3, -0.25) is 9.48 Å². The molecule has 0 saturated heterocycles. The summed E-state index contributed by atoms with van der Waals surface area (Å²) in [5.74, 6) is 0.287. The third-order valence-electron chi connectivity index (χ3n) is 5.20. The molecule has 4 aromatic rings. The zero-order valence-corrected chi connectivity index (χ0v) is 17.8. The number of anilines is 1. The molecule has 4 rings (SSSR count). The number of amides is 1. The summed E-state index contributed by atoms with van der Waals surface area (Å²) in [7, 11) is 5.83. The lowest BCUT2D eigenvalue weighted by atomic mass is 10.0. The molecule has 0 saturated carbocycles. The summed E-state index contributed by atoms with van der Waals surface area (Å²) in [6.45, 7) is 0.736. The van der Waals surface area contributed by atoms with Crippen LogP contribution in [-0.2, 0) is 20.2 Å². The van der Waals surface area contributed by atoms with Crippen LogP contribution in [0.25, 0.3) is 21.9 Å². The van der Waals surface area contributed by atoms with Crippen LogP contribution in [0.3, 0.4) is 0 Å². The van der Waals surface area contributed by atoms with Gasteiger partial charge in [0.25, 0.3) is 5.91 Å². The van der Waals surface area contributed by atoms with Gasteiger partial charge in [0.2, 0.25) is 0 Å². The van der Waals surface area contributed by atoms with E-state index in [-0.39, 0.29) is 12.5 Å². The first-order valence-electron chi connectivity index (χ1n) is 10.0. The summed E-state index contributed by atoms with van der Waals surface area (Å²) in [5, 5.41) is 18.7. The lowest BCUT2D eigenvalue weighted by molar-refractivity contribution is 0.102. The molecule has 2 N–H and O–H groups in total. The number of fused-ring (bicyclic) bond motifs is 1. The Morgan fingerprint density at radius 2 is 1.84 bits per heavy atom. The highest BCUT2D eigenvalue weighted by Gasteiger charge is 2.12. The number of carbonyl (C=O) groups is 1. The van der Waals surface area contributed by atoms with E-state index in [1.807, 2.05) is 62.6 Å². The van der Waals surface area contributed by atoms with Gasteiger partial charge in [0.1, 0.15) is 5.82 Å². The second kappa shape index (κ2) is 8.67. The fourth-order valence-corrected chi connectivity index (χ4v) is 3.58. The number of aromatic nitrogens is 3. The second-order valence-corrected chi connectivity index (χ2v) is 7.81. The number of nitrogens with zero attached hydrogens (tertiary/aromatic N) is 4. The van der Waals surface area contributed by atoms with Crippen molar-refractivity contribution in [3.8, 4) is 11.1 Å². The van der Waals surface area contributed by atoms with Crippen molar-refractivity contribution in [2.75, 3.05) is 19.4 Å². The number of hydrogen-bond donors (Lipinski definition) is 2. The average Bonchev–Trinajstić information content (AvgIpc) is 3.13. The number of carbonyl (C=O) groups excluding carboxylic acids is 1. The molecule has 31 heavy (non-hydrogen) atoms. The van der Waals surface area contributed by atoms with Gasteiger partial charge in [-0.1, -0.05) is 24.3 Å². The molecular weight excluding hydrogens is 390 g/mol. The van der Waals surface area contributed by atoms with Crippen LogP contribution in [-0.4, -0.2) is 44.8 Å². The Kier molecular flexibility index (Phi) is 5.79. The molecule has 0 aliphatic heterocycles. The van der Waals surface area contributed by atoms with E-state index in [1.54, 1.807) is 24.1 Å². The van der Waals surface area contributed by atoms with Crippen LogP contribution in [0.4, 0.5) is 5.82 Å². The number of benzene rings is 2. The Labute approximate surface area is 181 Å². The van der Waals surface area contributed by atoms with Crippen molar-refractivity contribution >= 4 is 22.5 Å². The fraction of sp³-hybridized carbons (Fsp3) is 0.208. The van der Waals surface area contributed by atoms with E-state index in [2.05, 4.69) is 20.3 Å². The number of aliphatic hydroxyl groups is 1. The number of rotatable bonds is 6. The van der Waals surface area contributed by atoms with Crippen molar-refractivity contribution in [3.05, 3.63) is 77.7 Å². The number of pyridine rings is 1. The topological polar surface area (TPSA) is 83.3 Å². The minimum atomic E-state index is -0.200. The highest BCUT2D eigenvalue weighted by Crippen LogP contribution is 2.28. The molecule has 7 heteroatoms. The van der Waals surface area contributed by atoms with Gasteiger partial charge in [0, 0.05) is 36.3 Å². The van der Waals surface area contributed by atoms with Crippen molar-refractivity contribution in [1.82, 2.24) is 19.7 Å². The Morgan fingerprint density at radius 3 is 2.55 bits per heavy atom. The van der Waals surface area contributed by atoms with E-state index < -0.39 is 0 Å². The molecule has 1 amide bonds. The van der Waals surface area contributed by atoms with Crippen molar-refractivity contribution in [3.63, 3.8) is 0 Å². The maximum Gasteiger partial charge on any atom is 0.256 e. The summed E-state index contributed by atoms with van der Waals surface area (Å²) in [4.78, 5) is 19.1. The van der Waals surface area contributed by atoms with E-state index in [9.17, 15) is 9.90 Å². The first kappa shape index (κ1) is 20.7. The fourth-order valence-electron chi connectivity index (χ4n) is 3.58. The predicted molar refractivity (Wildman–Crippen MR) is 122 cm³/mol. The van der Waals surface area contributed by atoms with E-state index in [0.717, 1.165) is 39.7 Å². The average molecular weight is 415 g/mol. The summed E-state index contributed by atoms with van der Waals surface area (Å²) in [6.07, 6.45) is 3.49. The molecule has 0 radical (unpaired) electrons. The molecule has 0 spiro atoms. The van der Waals surface area contributed by atoms with Gasteiger partial charge in [0.05, 0.1) is 18.5 Å². The van der Waals surface area contributed by atoms with Crippen molar-refractivity contribution < 1.29 is 9.90 Å². The lowest BCUT2D eigenvalue weighted by Crippen LogP contribution is -2.14. The Balaban J connectivity index is 1.57. The second-order valence-electron chi connectivity index (χ2n) is 7.81. The van der Waals surface area contributed by atoms with Gasteiger partial charge in [-0.25, -0.2) is 4.98 Å². The SMILES string of the molecule is CN(C)Cc1ccc(C(=O)Nc2cc3cc(-c4cnn(C)c4CO)ccc3cn2)cc1. The number of aryl methyl sites for hydroxylation is 1. The van der Waals surface area contributed by atoms with Crippen LogP contribution in [0.5, 0.6) is 0 Å². The molecule has 0 fully saturated rings. The van der Waals surface area contributed by atoms with Crippen LogP contribution < -0.4 is 5.32 Å². The van der Waals surface area contributed by atoms with Crippen molar-refractivity contribution in [2.24, 2.45) is 7.05 Å². The smallest absolute Gasteiger partial charge is 0.256 e. The molecule has 0 bridgehead atoms. The van der Waals surface area contributed by atoms with Gasteiger partial charge < -0.3 is 15.3 Å². The molecule has 2 aromatic heterocycles. The van der Waals surface area contributed by atoms with Gasteiger partial charge in [0.15, 0.2) is 0 Å². The summed E-state index contributed by atoms with van der Waals surface area (Å²) in [5.41, 5.74) is 4.31. The third kappa shape index (κ3) is 4.47. The number of aliphatic hydroxyl groups excluding tert-OH is 1. The van der Waals surface area contributed by atoms with Gasteiger partial charge in [-0.15, -0.1) is 0 Å². The maximum absolute atomic E-state index is 12.7. The third-order valence-corrected chi connectivity index (χ3v) is 5.20. The van der Waals surface area contributed by atoms with Gasteiger partial charge >= 0.3 is 0 Å². The normalized spacial score (nSPS) is 11.3. The predicted octanol–water partition coefficient (Wildman–Crippen LogP) is 3.44. The molecule has 158 valence electrons. The molecular formula is C24H25N5O2. The first-order chi connectivity index (χ1) is 14.9. The Morgan fingerprint density at radius 1 is 1.06 bits per heavy atom. The largest absolute Gasteiger partial charge is 0.390 e.